The molecule has 0 spiro atoms. The molecule has 1 amide bonds. The first-order valence-corrected chi connectivity index (χ1v) is 6.57. The molecule has 1 aliphatic carbocycles. The molecule has 0 aromatic carbocycles. The predicted octanol–water partition coefficient (Wildman–Crippen LogP) is 0.810. The molecule has 0 radical (unpaired) electrons. The minimum absolute atomic E-state index is 0.121. The fourth-order valence-corrected chi connectivity index (χ4v) is 3.00. The monoisotopic (exact) mass is 254 g/mol. The maximum Gasteiger partial charge on any atom is 0.290 e. The van der Waals surface area contributed by atoms with Gasteiger partial charge in [0, 0.05) is 17.6 Å². The van der Waals surface area contributed by atoms with Crippen LogP contribution in [-0.4, -0.2) is 34.3 Å². The maximum absolute atomic E-state index is 12.0. The average molecular weight is 254 g/mol. The molecule has 2 fully saturated rings. The van der Waals surface area contributed by atoms with Crippen molar-refractivity contribution in [3.63, 3.8) is 0 Å². The van der Waals surface area contributed by atoms with Crippen LogP contribution in [0.4, 0.5) is 0 Å². The Morgan fingerprint density at radius 3 is 2.24 bits per heavy atom. The van der Waals surface area contributed by atoms with Crippen molar-refractivity contribution in [1.82, 2.24) is 4.90 Å². The van der Waals surface area contributed by atoms with Gasteiger partial charge in [0.25, 0.3) is 5.91 Å². The van der Waals surface area contributed by atoms with Crippen molar-refractivity contribution in [3.05, 3.63) is 0 Å². The van der Waals surface area contributed by atoms with Crippen molar-refractivity contribution < 1.29 is 14.4 Å². The summed E-state index contributed by atoms with van der Waals surface area (Å²) in [4.78, 5) is 36.6. The van der Waals surface area contributed by atoms with Gasteiger partial charge in [-0.3, -0.25) is 9.59 Å². The Morgan fingerprint density at radius 2 is 1.65 bits per heavy atom. The van der Waals surface area contributed by atoms with Gasteiger partial charge in [0.15, 0.2) is 0 Å². The van der Waals surface area contributed by atoms with E-state index >= 15 is 0 Å². The van der Waals surface area contributed by atoms with Crippen molar-refractivity contribution in [3.8, 4) is 0 Å². The zero-order valence-corrected chi connectivity index (χ0v) is 10.5. The van der Waals surface area contributed by atoms with Crippen molar-refractivity contribution >= 4 is 29.4 Å². The third-order valence-corrected chi connectivity index (χ3v) is 3.99. The van der Waals surface area contributed by atoms with E-state index in [0.717, 1.165) is 32.1 Å². The van der Waals surface area contributed by atoms with Crippen LogP contribution in [0.1, 0.15) is 38.5 Å². The summed E-state index contributed by atoms with van der Waals surface area (Å²) in [7, 11) is 0. The molecule has 1 atom stereocenters. The molecular weight excluding hydrogens is 238 g/mol. The van der Waals surface area contributed by atoms with E-state index in [-0.39, 0.29) is 11.7 Å². The second-order valence-electron chi connectivity index (χ2n) is 4.82. The van der Waals surface area contributed by atoms with Crippen LogP contribution in [0.5, 0.6) is 0 Å². The van der Waals surface area contributed by atoms with E-state index < -0.39 is 17.1 Å². The van der Waals surface area contributed by atoms with Gasteiger partial charge in [-0.1, -0.05) is 12.8 Å². The summed E-state index contributed by atoms with van der Waals surface area (Å²) in [5, 5.41) is -0.421. The molecule has 1 aliphatic heterocycles. The van der Waals surface area contributed by atoms with Crippen LogP contribution < -0.4 is 0 Å². The van der Waals surface area contributed by atoms with E-state index in [2.05, 4.69) is 12.6 Å². The first-order valence-electron chi connectivity index (χ1n) is 6.17. The molecule has 2 rings (SSSR count). The molecular formula is C12H16NO3S-. The highest BCUT2D eigenvalue weighted by Gasteiger charge is 2.36. The number of carbonyl (C=O) groups excluding carboxylic acids is 3. The van der Waals surface area contributed by atoms with E-state index in [9.17, 15) is 14.4 Å². The minimum Gasteiger partial charge on any atom is -0.740 e. The summed E-state index contributed by atoms with van der Waals surface area (Å²) in [6.07, 6.45) is 5.03. The summed E-state index contributed by atoms with van der Waals surface area (Å²) in [5.74, 6) is -0.924. The van der Waals surface area contributed by atoms with Gasteiger partial charge in [-0.2, -0.15) is 0 Å². The number of Topliss-reactive ketones (excluding diaryl/α,β-unsaturated/α-hetero) is 1. The lowest BCUT2D eigenvalue weighted by molar-refractivity contribution is -0.148. The Bertz CT molecular complexity index is 350. The fraction of sp³-hybridized carbons (Fsp3) is 0.750. The summed E-state index contributed by atoms with van der Waals surface area (Å²) < 4.78 is 0. The smallest absolute Gasteiger partial charge is 0.290 e. The normalized spacial score (nSPS) is 25.2. The molecule has 0 aromatic rings. The second kappa shape index (κ2) is 5.12. The van der Waals surface area contributed by atoms with E-state index in [4.69, 9.17) is 0 Å². The van der Waals surface area contributed by atoms with Gasteiger partial charge < -0.3 is 22.3 Å². The summed E-state index contributed by atoms with van der Waals surface area (Å²) in [6, 6.07) is -0.539. The highest BCUT2D eigenvalue weighted by atomic mass is 32.1. The van der Waals surface area contributed by atoms with Crippen molar-refractivity contribution in [1.29, 1.82) is 0 Å². The third-order valence-electron chi connectivity index (χ3n) is 3.72. The molecule has 17 heavy (non-hydrogen) atoms. The number of carbonyl (C=O) groups is 3. The van der Waals surface area contributed by atoms with Gasteiger partial charge in [-0.25, -0.2) is 0 Å². The number of rotatable bonds is 3. The largest absolute Gasteiger partial charge is 0.740 e. The van der Waals surface area contributed by atoms with Crippen LogP contribution in [0.25, 0.3) is 0 Å². The zero-order valence-electron chi connectivity index (χ0n) is 9.68. The molecule has 1 heterocycles. The van der Waals surface area contributed by atoms with Crippen molar-refractivity contribution in [2.75, 3.05) is 6.54 Å². The number of amides is 1. The summed E-state index contributed by atoms with van der Waals surface area (Å²) >= 11 is 4.61. The molecule has 0 aromatic heterocycles. The van der Waals surface area contributed by atoms with Crippen molar-refractivity contribution in [2.24, 2.45) is 5.92 Å². The lowest BCUT2D eigenvalue weighted by atomic mass is 10.0. The van der Waals surface area contributed by atoms with Crippen LogP contribution >= 0.6 is 0 Å². The van der Waals surface area contributed by atoms with E-state index in [0.29, 0.717) is 13.0 Å². The first kappa shape index (κ1) is 12.5. The number of ketones is 1. The molecule has 0 bridgehead atoms. The van der Waals surface area contributed by atoms with E-state index in [1.165, 1.54) is 4.90 Å². The Labute approximate surface area is 106 Å². The summed E-state index contributed by atoms with van der Waals surface area (Å²) in [6.45, 7) is 0.490. The molecule has 1 saturated heterocycles. The third kappa shape index (κ3) is 2.49. The van der Waals surface area contributed by atoms with Crippen LogP contribution in [0.15, 0.2) is 0 Å². The van der Waals surface area contributed by atoms with Gasteiger partial charge in [0.2, 0.25) is 5.78 Å². The highest BCUT2D eigenvalue weighted by molar-refractivity contribution is 7.77. The zero-order chi connectivity index (χ0) is 12.4. The molecule has 0 N–H and O–H groups in total. The van der Waals surface area contributed by atoms with Gasteiger partial charge in [0.05, 0.1) is 6.04 Å². The SMILES string of the molecule is O=C(C(=O)N1CCC[C@H]1C(=O)[S-])C1CCCC1. The molecule has 94 valence electrons. The first-order chi connectivity index (χ1) is 8.11. The van der Waals surface area contributed by atoms with Gasteiger partial charge >= 0.3 is 0 Å². The molecule has 0 unspecified atom stereocenters. The number of hydrogen-bond acceptors (Lipinski definition) is 4. The van der Waals surface area contributed by atoms with Gasteiger partial charge in [-0.15, -0.1) is 0 Å². The minimum atomic E-state index is -0.539. The Morgan fingerprint density at radius 1 is 1.00 bits per heavy atom. The standard InChI is InChI=1S/C12H17NO3S/c14-10(8-4-1-2-5-8)11(15)13-7-3-6-9(13)12(16)17/h8-9H,1-7H2,(H,16,17)/p-1/t9-/m0/s1. The molecule has 1 saturated carbocycles. The lowest BCUT2D eigenvalue weighted by Gasteiger charge is -2.26. The van der Waals surface area contributed by atoms with Crippen LogP contribution in [0.2, 0.25) is 0 Å². The van der Waals surface area contributed by atoms with Crippen LogP contribution in [0.3, 0.4) is 0 Å². The van der Waals surface area contributed by atoms with Crippen LogP contribution in [0, 0.1) is 5.92 Å². The fourth-order valence-electron chi connectivity index (χ4n) is 2.76. The lowest BCUT2D eigenvalue weighted by Crippen LogP contribution is -2.44. The quantitative estimate of drug-likeness (QED) is 0.552. The predicted molar refractivity (Wildman–Crippen MR) is 64.1 cm³/mol. The molecule has 5 heteroatoms. The number of nitrogens with zero attached hydrogens (tertiary/aromatic N) is 1. The summed E-state index contributed by atoms with van der Waals surface area (Å²) in [5.41, 5.74) is 0. The van der Waals surface area contributed by atoms with E-state index in [1.54, 1.807) is 0 Å². The number of likely N-dealkylation sites (tertiary alicyclic amines) is 1. The average Bonchev–Trinajstić information content (AvgIpc) is 2.97. The Hall–Kier alpha value is -0.970. The molecule has 4 nitrogen and oxygen atoms in total. The van der Waals surface area contributed by atoms with Crippen molar-refractivity contribution in [2.45, 2.75) is 44.6 Å². The topological polar surface area (TPSA) is 54.5 Å². The van der Waals surface area contributed by atoms with Gasteiger partial charge in [0.1, 0.15) is 0 Å². The molecule has 2 aliphatic rings. The van der Waals surface area contributed by atoms with Crippen LogP contribution in [-0.2, 0) is 27.0 Å². The highest BCUT2D eigenvalue weighted by Crippen LogP contribution is 2.27. The Kier molecular flexibility index (Phi) is 3.76. The van der Waals surface area contributed by atoms with E-state index in [1.807, 2.05) is 0 Å². The number of hydrogen-bond donors (Lipinski definition) is 0. The second-order valence-corrected chi connectivity index (χ2v) is 5.22. The maximum atomic E-state index is 12.0. The van der Waals surface area contributed by atoms with Gasteiger partial charge in [-0.05, 0) is 25.7 Å². The Balaban J connectivity index is 2.03.